The number of imidazole rings is 1. The second-order valence-corrected chi connectivity index (χ2v) is 4.97. The second-order valence-electron chi connectivity index (χ2n) is 4.58. The minimum atomic E-state index is 0.591. The van der Waals surface area contributed by atoms with Gasteiger partial charge < -0.3 is 14.1 Å². The van der Waals surface area contributed by atoms with Crippen LogP contribution in [0.15, 0.2) is 22.7 Å². The lowest BCUT2D eigenvalue weighted by molar-refractivity contribution is 0.386. The first-order valence-corrected chi connectivity index (χ1v) is 6.52. The van der Waals surface area contributed by atoms with Crippen molar-refractivity contribution in [3.63, 3.8) is 0 Å². The maximum atomic E-state index is 5.36. The smallest absolute Gasteiger partial charge is 0.223 e. The molecule has 0 aliphatic carbocycles. The fourth-order valence-corrected chi connectivity index (χ4v) is 2.44. The number of hydrogen-bond acceptors (Lipinski definition) is 4. The van der Waals surface area contributed by atoms with Crippen molar-refractivity contribution >= 4 is 23.3 Å². The monoisotopic (exact) mass is 274 g/mol. The standard InChI is InChI=1S/C13H14N4OS/c1-8-3-4-10-11(7-8)17(13(19)15-10)6-5-12-14-9(2)18-16-12/h3-4,7H,5-6H2,1-2H3,(H,15,19). The highest BCUT2D eigenvalue weighted by Gasteiger charge is 2.07. The lowest BCUT2D eigenvalue weighted by Gasteiger charge is -2.02. The predicted octanol–water partition coefficient (Wildman–Crippen LogP) is 2.94. The maximum Gasteiger partial charge on any atom is 0.223 e. The Bertz CT molecular complexity index is 783. The van der Waals surface area contributed by atoms with Gasteiger partial charge in [-0.2, -0.15) is 4.98 Å². The van der Waals surface area contributed by atoms with E-state index in [4.69, 9.17) is 16.7 Å². The minimum Gasteiger partial charge on any atom is -0.340 e. The molecule has 0 unspecified atom stereocenters. The van der Waals surface area contributed by atoms with Crippen LogP contribution in [0.1, 0.15) is 17.3 Å². The molecule has 5 nitrogen and oxygen atoms in total. The Morgan fingerprint density at radius 2 is 2.21 bits per heavy atom. The van der Waals surface area contributed by atoms with Gasteiger partial charge >= 0.3 is 0 Å². The molecule has 0 amide bonds. The zero-order valence-corrected chi connectivity index (χ0v) is 11.6. The minimum absolute atomic E-state index is 0.591. The summed E-state index contributed by atoms with van der Waals surface area (Å²) in [6.45, 7) is 4.60. The van der Waals surface area contributed by atoms with Crippen molar-refractivity contribution in [3.8, 4) is 0 Å². The molecule has 0 aliphatic rings. The maximum absolute atomic E-state index is 5.36. The molecule has 0 bridgehead atoms. The topological polar surface area (TPSA) is 59.6 Å². The lowest BCUT2D eigenvalue weighted by Crippen LogP contribution is -2.02. The number of rotatable bonds is 3. The molecule has 0 saturated carbocycles. The molecule has 2 aromatic heterocycles. The number of aromatic nitrogens is 4. The van der Waals surface area contributed by atoms with E-state index in [1.54, 1.807) is 6.92 Å². The number of benzene rings is 1. The number of fused-ring (bicyclic) bond motifs is 1. The predicted molar refractivity (Wildman–Crippen MR) is 74.6 cm³/mol. The van der Waals surface area contributed by atoms with Crippen LogP contribution in [0.2, 0.25) is 0 Å². The van der Waals surface area contributed by atoms with Gasteiger partial charge in [0.1, 0.15) is 0 Å². The van der Waals surface area contributed by atoms with Crippen LogP contribution in [-0.4, -0.2) is 19.7 Å². The van der Waals surface area contributed by atoms with Crippen molar-refractivity contribution in [1.29, 1.82) is 0 Å². The SMILES string of the molecule is Cc1ccc2[nH]c(=S)n(CCc3noc(C)n3)c2c1. The summed E-state index contributed by atoms with van der Waals surface area (Å²) in [4.78, 5) is 7.41. The van der Waals surface area contributed by atoms with Gasteiger partial charge in [-0.25, -0.2) is 0 Å². The summed E-state index contributed by atoms with van der Waals surface area (Å²) >= 11 is 5.36. The van der Waals surface area contributed by atoms with Crippen molar-refractivity contribution in [2.75, 3.05) is 0 Å². The van der Waals surface area contributed by atoms with Crippen LogP contribution in [0.5, 0.6) is 0 Å². The highest BCUT2D eigenvalue weighted by atomic mass is 32.1. The van der Waals surface area contributed by atoms with Crippen LogP contribution in [-0.2, 0) is 13.0 Å². The molecular formula is C13H14N4OS. The molecule has 0 spiro atoms. The van der Waals surface area contributed by atoms with Crippen molar-refractivity contribution < 1.29 is 4.52 Å². The molecule has 0 radical (unpaired) electrons. The fourth-order valence-electron chi connectivity index (χ4n) is 2.14. The van der Waals surface area contributed by atoms with Crippen molar-refractivity contribution in [2.24, 2.45) is 0 Å². The van der Waals surface area contributed by atoms with Gasteiger partial charge in [0, 0.05) is 19.9 Å². The molecule has 6 heteroatoms. The summed E-state index contributed by atoms with van der Waals surface area (Å²) in [5, 5.41) is 3.90. The molecule has 1 aromatic carbocycles. The van der Waals surface area contributed by atoms with E-state index in [9.17, 15) is 0 Å². The van der Waals surface area contributed by atoms with Gasteiger partial charge in [0.05, 0.1) is 11.0 Å². The lowest BCUT2D eigenvalue weighted by atomic mass is 10.2. The first-order chi connectivity index (χ1) is 9.13. The van der Waals surface area contributed by atoms with E-state index in [1.807, 2.05) is 0 Å². The van der Waals surface area contributed by atoms with Crippen LogP contribution in [0.25, 0.3) is 11.0 Å². The van der Waals surface area contributed by atoms with E-state index in [2.05, 4.69) is 44.8 Å². The third-order valence-corrected chi connectivity index (χ3v) is 3.38. The summed E-state index contributed by atoms with van der Waals surface area (Å²) in [7, 11) is 0. The number of aromatic amines is 1. The third-order valence-electron chi connectivity index (χ3n) is 3.06. The largest absolute Gasteiger partial charge is 0.340 e. The Morgan fingerprint density at radius 1 is 1.37 bits per heavy atom. The molecule has 0 aliphatic heterocycles. The van der Waals surface area contributed by atoms with Gasteiger partial charge in [0.2, 0.25) is 5.89 Å². The van der Waals surface area contributed by atoms with E-state index in [0.717, 1.165) is 22.3 Å². The van der Waals surface area contributed by atoms with Gasteiger partial charge in [0.25, 0.3) is 0 Å². The molecule has 98 valence electrons. The van der Waals surface area contributed by atoms with Crippen LogP contribution < -0.4 is 0 Å². The molecule has 2 heterocycles. The quantitative estimate of drug-likeness (QED) is 0.746. The van der Waals surface area contributed by atoms with E-state index >= 15 is 0 Å². The fraction of sp³-hybridized carbons (Fsp3) is 0.308. The van der Waals surface area contributed by atoms with Crippen molar-refractivity contribution in [3.05, 3.63) is 40.2 Å². The Morgan fingerprint density at radius 3 is 2.95 bits per heavy atom. The summed E-state index contributed by atoms with van der Waals surface area (Å²) < 4.78 is 7.76. The third kappa shape index (κ3) is 2.31. The van der Waals surface area contributed by atoms with Gasteiger partial charge in [-0.3, -0.25) is 0 Å². The Kier molecular flexibility index (Phi) is 2.94. The highest BCUT2D eigenvalue weighted by molar-refractivity contribution is 7.71. The summed E-state index contributed by atoms with van der Waals surface area (Å²) in [6.07, 6.45) is 0.701. The van der Waals surface area contributed by atoms with Gasteiger partial charge in [-0.05, 0) is 36.8 Å². The normalized spacial score (nSPS) is 11.3. The molecular weight excluding hydrogens is 260 g/mol. The zero-order valence-electron chi connectivity index (χ0n) is 10.8. The van der Waals surface area contributed by atoms with Gasteiger partial charge in [-0.1, -0.05) is 11.2 Å². The van der Waals surface area contributed by atoms with Crippen LogP contribution >= 0.6 is 12.2 Å². The molecule has 1 N–H and O–H groups in total. The molecule has 0 fully saturated rings. The van der Waals surface area contributed by atoms with Crippen LogP contribution in [0.3, 0.4) is 0 Å². The molecule has 0 saturated heterocycles. The molecule has 0 atom stereocenters. The van der Waals surface area contributed by atoms with Gasteiger partial charge in [-0.15, -0.1) is 0 Å². The zero-order chi connectivity index (χ0) is 13.4. The van der Waals surface area contributed by atoms with Crippen LogP contribution in [0.4, 0.5) is 0 Å². The Labute approximate surface area is 115 Å². The number of nitrogens with one attached hydrogen (secondary N) is 1. The van der Waals surface area contributed by atoms with E-state index in [-0.39, 0.29) is 0 Å². The number of aryl methyl sites for hydroxylation is 4. The first kappa shape index (κ1) is 12.1. The van der Waals surface area contributed by atoms with Crippen molar-refractivity contribution in [2.45, 2.75) is 26.8 Å². The Balaban J connectivity index is 1.94. The van der Waals surface area contributed by atoms with E-state index in [1.165, 1.54) is 5.56 Å². The first-order valence-electron chi connectivity index (χ1n) is 6.12. The van der Waals surface area contributed by atoms with E-state index in [0.29, 0.717) is 18.1 Å². The number of H-pyrrole nitrogens is 1. The summed E-state index contributed by atoms with van der Waals surface area (Å²) in [5.74, 6) is 1.30. The average molecular weight is 274 g/mol. The number of nitrogens with zero attached hydrogens (tertiary/aromatic N) is 3. The second kappa shape index (κ2) is 4.62. The van der Waals surface area contributed by atoms with Gasteiger partial charge in [0.15, 0.2) is 10.6 Å². The van der Waals surface area contributed by atoms with Crippen LogP contribution in [0, 0.1) is 18.6 Å². The number of hydrogen-bond donors (Lipinski definition) is 1. The summed E-state index contributed by atoms with van der Waals surface area (Å²) in [5.41, 5.74) is 3.38. The average Bonchev–Trinajstić information content (AvgIpc) is 2.90. The van der Waals surface area contributed by atoms with E-state index < -0.39 is 0 Å². The Hall–Kier alpha value is -1.95. The molecule has 19 heavy (non-hydrogen) atoms. The molecule has 3 aromatic rings. The van der Waals surface area contributed by atoms with Crippen molar-refractivity contribution in [1.82, 2.24) is 19.7 Å². The highest BCUT2D eigenvalue weighted by Crippen LogP contribution is 2.16. The molecule has 3 rings (SSSR count). The summed E-state index contributed by atoms with van der Waals surface area (Å²) in [6, 6.07) is 6.25.